The van der Waals surface area contributed by atoms with E-state index in [0.29, 0.717) is 61.5 Å². The van der Waals surface area contributed by atoms with Crippen molar-refractivity contribution in [3.8, 4) is 34.3 Å². The molecule has 4 aliphatic rings. The van der Waals surface area contributed by atoms with Crippen LogP contribution in [0.4, 0.5) is 28.4 Å². The Balaban J connectivity index is 0.000000199. The highest BCUT2D eigenvalue weighted by molar-refractivity contribution is 7.23. The predicted octanol–water partition coefficient (Wildman–Crippen LogP) is 10.3. The van der Waals surface area contributed by atoms with Crippen molar-refractivity contribution in [3.05, 3.63) is 100 Å². The topological polar surface area (TPSA) is 191 Å². The van der Waals surface area contributed by atoms with Crippen LogP contribution in [0.5, 0.6) is 6.01 Å². The van der Waals surface area contributed by atoms with Gasteiger partial charge in [0.2, 0.25) is 17.7 Å². The minimum Gasteiger partial charge on any atom is -0.467 e. The van der Waals surface area contributed by atoms with Crippen molar-refractivity contribution < 1.29 is 41.4 Å². The number of anilines is 2. The molecule has 6 aromatic rings. The third-order valence-corrected chi connectivity index (χ3v) is 15.8. The minimum atomic E-state index is -0.700. The Labute approximate surface area is 473 Å². The molecular formula is C59H69ClF4N10O5S. The van der Waals surface area contributed by atoms with Gasteiger partial charge in [-0.25, -0.2) is 17.6 Å². The number of nitrogens with zero attached hydrogens (tertiary/aromatic N) is 6. The van der Waals surface area contributed by atoms with Crippen LogP contribution in [0, 0.1) is 40.5 Å². The average Bonchev–Trinajstić information content (AvgIpc) is 4.35. The van der Waals surface area contributed by atoms with Gasteiger partial charge in [0.1, 0.15) is 45.9 Å². The summed E-state index contributed by atoms with van der Waals surface area (Å²) in [7, 11) is 1.43. The minimum absolute atomic E-state index is 0.0190. The lowest BCUT2D eigenvalue weighted by atomic mass is 9.97. The average molecular weight is 1140 g/mol. The van der Waals surface area contributed by atoms with Gasteiger partial charge in [-0.2, -0.15) is 15.2 Å². The van der Waals surface area contributed by atoms with Crippen LogP contribution in [-0.2, 0) is 19.1 Å². The molecule has 0 radical (unpaired) electrons. The van der Waals surface area contributed by atoms with Crippen molar-refractivity contribution >= 4 is 72.5 Å². The molecule has 4 atom stereocenters. The van der Waals surface area contributed by atoms with Crippen LogP contribution < -0.4 is 31.3 Å². The number of hydrogen-bond acceptors (Lipinski definition) is 13. The van der Waals surface area contributed by atoms with Crippen molar-refractivity contribution in [2.75, 3.05) is 76.8 Å². The second kappa shape index (κ2) is 27.2. The molecule has 2 aromatic heterocycles. The molecule has 3 amide bonds. The van der Waals surface area contributed by atoms with E-state index in [4.69, 9.17) is 26.8 Å². The number of nitrogen functional groups attached to an aromatic ring is 1. The van der Waals surface area contributed by atoms with Gasteiger partial charge in [-0.05, 0) is 112 Å². The lowest BCUT2D eigenvalue weighted by Crippen LogP contribution is -2.51. The Hall–Kier alpha value is -6.63. The first-order chi connectivity index (χ1) is 38.5. The molecule has 4 saturated heterocycles. The fraction of sp³-hybridized carbons (Fsp3) is 0.458. The maximum atomic E-state index is 16.3. The number of rotatable bonds is 16. The normalized spacial score (nSPS) is 18.1. The number of nitrogens with two attached hydrogens (primary N) is 1. The number of carbonyl (C=O) groups excluding carboxylic acids is 3. The van der Waals surface area contributed by atoms with Crippen LogP contribution in [0.2, 0.25) is 5.02 Å². The summed E-state index contributed by atoms with van der Waals surface area (Å²) in [4.78, 5) is 53.0. The van der Waals surface area contributed by atoms with E-state index in [2.05, 4.69) is 56.5 Å². The van der Waals surface area contributed by atoms with Gasteiger partial charge in [-0.3, -0.25) is 14.4 Å². The van der Waals surface area contributed by atoms with Gasteiger partial charge in [0.15, 0.2) is 5.82 Å². The molecule has 80 heavy (non-hydrogen) atoms. The van der Waals surface area contributed by atoms with E-state index in [9.17, 15) is 32.8 Å². The summed E-state index contributed by atoms with van der Waals surface area (Å²) in [6.07, 6.45) is 7.03. The van der Waals surface area contributed by atoms with Crippen molar-refractivity contribution in [1.29, 1.82) is 5.26 Å². The second-order valence-corrected chi connectivity index (χ2v) is 22.7. The van der Waals surface area contributed by atoms with Crippen molar-refractivity contribution in [2.45, 2.75) is 103 Å². The third-order valence-electron chi connectivity index (χ3n) is 14.5. The maximum absolute atomic E-state index is 16.3. The number of nitriles is 1. The summed E-state index contributed by atoms with van der Waals surface area (Å²) < 4.78 is 70.1. The lowest BCUT2D eigenvalue weighted by molar-refractivity contribution is -0.139. The molecule has 10 rings (SSSR count). The molecule has 4 aromatic carbocycles. The van der Waals surface area contributed by atoms with Gasteiger partial charge in [-0.1, -0.05) is 68.8 Å². The molecule has 2 bridgehead atoms. The molecule has 4 unspecified atom stereocenters. The Morgan fingerprint density at radius 1 is 0.900 bits per heavy atom. The Morgan fingerprint density at radius 2 is 1.59 bits per heavy atom. The summed E-state index contributed by atoms with van der Waals surface area (Å²) >= 11 is 7.62. The molecule has 0 spiro atoms. The quantitative estimate of drug-likeness (QED) is 0.0531. The number of methoxy groups -OCH3 is 1. The fourth-order valence-electron chi connectivity index (χ4n) is 10.7. The Morgan fingerprint density at radius 3 is 2.25 bits per heavy atom. The van der Waals surface area contributed by atoms with Crippen LogP contribution in [0.3, 0.4) is 0 Å². The zero-order chi connectivity index (χ0) is 57.2. The van der Waals surface area contributed by atoms with Crippen LogP contribution in [0.25, 0.3) is 43.2 Å². The Kier molecular flexibility index (Phi) is 20.2. The van der Waals surface area contributed by atoms with Gasteiger partial charge < -0.3 is 45.9 Å². The molecule has 0 aliphatic carbocycles. The van der Waals surface area contributed by atoms with E-state index < -0.39 is 29.3 Å². The van der Waals surface area contributed by atoms with Gasteiger partial charge in [0.05, 0.1) is 47.2 Å². The highest BCUT2D eigenvalue weighted by atomic mass is 35.5. The van der Waals surface area contributed by atoms with Crippen LogP contribution in [-0.4, -0.2) is 122 Å². The molecule has 4 fully saturated rings. The molecule has 21 heteroatoms. The van der Waals surface area contributed by atoms with E-state index in [-0.39, 0.29) is 90.6 Å². The van der Waals surface area contributed by atoms with Crippen LogP contribution in [0.15, 0.2) is 60.7 Å². The number of halogens is 5. The SMILES string of the molecule is CC(C)C.CC(NC(=O)C1CCCN1C(=O)CNC(=O)CCOCCCN1CCCC1)c1ccc(-c2c(F)cccc2F)cc1.COc1nc(N2CC3CCC(C2)N3)c2cc(Cl)c(-c3ccc(F)c4sc(N)c(C#N)c34)c(F)c2n1. The molecule has 15 nitrogen and oxygen atoms in total. The summed E-state index contributed by atoms with van der Waals surface area (Å²) in [5, 5.41) is 19.8. The van der Waals surface area contributed by atoms with E-state index in [1.165, 1.54) is 55.2 Å². The number of thiophene rings is 1. The number of hydrogen-bond donors (Lipinski definition) is 4. The van der Waals surface area contributed by atoms with Crippen molar-refractivity contribution in [3.63, 3.8) is 0 Å². The Bertz CT molecular complexity index is 3190. The summed E-state index contributed by atoms with van der Waals surface area (Å²) in [6.45, 7) is 14.3. The highest BCUT2D eigenvalue weighted by Gasteiger charge is 2.36. The monoisotopic (exact) mass is 1140 g/mol. The first-order valence-corrected chi connectivity index (χ1v) is 28.5. The molecule has 426 valence electrons. The number of aromatic nitrogens is 2. The van der Waals surface area contributed by atoms with E-state index in [0.717, 1.165) is 74.8 Å². The standard InChI is InChI=1S/C31H40F2N4O4.C24H19ClF2N6OS.C4H10/c1-22(23-10-12-24(13-11-23)30-25(32)7-4-8-26(30)33)35-31(40)27-9-5-18-37(27)29(39)21-34-28(38)14-20-41-19-6-17-36-15-2-3-16-36;1-34-24-31-20-13(23(32-24)33-8-10-2-3-11(9-33)30-10)6-15(25)18(19(20)27)12-4-5-16(26)21-17(12)14(7-28)22(29)35-21;1-4(2)3/h4,7-8,10-13,22,27H,2-3,5-6,9,14-21H2,1H3,(H,34,38)(H,35,40);4-6,10-11,30H,2-3,8-9,29H2,1H3;4H,1-3H3. The number of fused-ring (bicyclic) bond motifs is 4. The van der Waals surface area contributed by atoms with Gasteiger partial charge in [0.25, 0.3) is 0 Å². The predicted molar refractivity (Wildman–Crippen MR) is 305 cm³/mol. The van der Waals surface area contributed by atoms with Crippen LogP contribution in [0.1, 0.15) is 96.2 Å². The number of piperazine rings is 1. The summed E-state index contributed by atoms with van der Waals surface area (Å²) in [6, 6.07) is 16.4. The summed E-state index contributed by atoms with van der Waals surface area (Å²) in [5.74, 6) is -1.97. The second-order valence-electron chi connectivity index (χ2n) is 21.2. The van der Waals surface area contributed by atoms with E-state index in [1.54, 1.807) is 30.3 Å². The maximum Gasteiger partial charge on any atom is 0.318 e. The van der Waals surface area contributed by atoms with E-state index >= 15 is 4.39 Å². The number of amides is 3. The zero-order valence-corrected chi connectivity index (χ0v) is 47.4. The smallest absolute Gasteiger partial charge is 0.318 e. The molecule has 5 N–H and O–H groups in total. The summed E-state index contributed by atoms with van der Waals surface area (Å²) in [5.41, 5.74) is 7.46. The lowest BCUT2D eigenvalue weighted by Gasteiger charge is -2.34. The van der Waals surface area contributed by atoms with Crippen molar-refractivity contribution in [1.82, 2.24) is 35.7 Å². The molecular weight excluding hydrogens is 1070 g/mol. The first-order valence-electron chi connectivity index (χ1n) is 27.3. The fourth-order valence-corrected chi connectivity index (χ4v) is 11.9. The number of benzene rings is 4. The van der Waals surface area contributed by atoms with Gasteiger partial charge in [0, 0.05) is 67.6 Å². The number of likely N-dealkylation sites (tertiary alicyclic amines) is 2. The van der Waals surface area contributed by atoms with Crippen LogP contribution >= 0.6 is 22.9 Å². The molecule has 6 heterocycles. The van der Waals surface area contributed by atoms with Crippen molar-refractivity contribution in [2.24, 2.45) is 5.92 Å². The van der Waals surface area contributed by atoms with Gasteiger partial charge >= 0.3 is 6.01 Å². The number of carbonyl (C=O) groups is 3. The zero-order valence-electron chi connectivity index (χ0n) is 45.8. The molecule has 4 aliphatic heterocycles. The number of ether oxygens (including phenoxy) is 2. The number of nitrogens with one attached hydrogen (secondary N) is 3. The largest absolute Gasteiger partial charge is 0.467 e. The van der Waals surface area contributed by atoms with E-state index in [1.807, 2.05) is 13.0 Å². The van der Waals surface area contributed by atoms with Gasteiger partial charge in [-0.15, -0.1) is 11.3 Å². The third kappa shape index (κ3) is 14.1. The molecule has 0 saturated carbocycles. The highest BCUT2D eigenvalue weighted by Crippen LogP contribution is 2.46. The first kappa shape index (κ1) is 59.5.